The van der Waals surface area contributed by atoms with Crippen LogP contribution < -0.4 is 5.56 Å². The molecule has 1 amide bonds. The van der Waals surface area contributed by atoms with Gasteiger partial charge in [0.15, 0.2) is 17.3 Å². The molecule has 1 fully saturated rings. The Morgan fingerprint density at radius 3 is 2.84 bits per heavy atom. The Labute approximate surface area is 179 Å². The first kappa shape index (κ1) is 19.7. The fraction of sp³-hybridized carbons (Fsp3) is 0.417. The predicted octanol–water partition coefficient (Wildman–Crippen LogP) is 3.69. The summed E-state index contributed by atoms with van der Waals surface area (Å²) in [7, 11) is 0. The number of carbonyl (C=O) groups excluding carboxylic acids is 2. The number of likely N-dealkylation sites (tertiary alicyclic amines) is 1. The second-order valence-electron chi connectivity index (χ2n) is 9.46. The summed E-state index contributed by atoms with van der Waals surface area (Å²) in [5.41, 5.74) is 2.03. The van der Waals surface area contributed by atoms with E-state index < -0.39 is 5.56 Å². The molecular weight excluding hydrogens is 394 g/mol. The van der Waals surface area contributed by atoms with E-state index >= 15 is 0 Å². The standard InChI is InChI=1S/C24H25N3O4/c1-24(2)11-18-15(19(28)12-24)10-16(21(29)25-18)23(30)27-9-5-6-14(13-27)22-26-17-7-3-4-8-20(17)31-22/h3-4,7-8,10,14H,5-6,9,11-13H2,1-2H3,(H,25,29). The van der Waals surface area contributed by atoms with Gasteiger partial charge in [-0.2, -0.15) is 0 Å². The van der Waals surface area contributed by atoms with E-state index in [1.807, 2.05) is 38.1 Å². The first-order chi connectivity index (χ1) is 14.8. The summed E-state index contributed by atoms with van der Waals surface area (Å²) in [6, 6.07) is 9.09. The van der Waals surface area contributed by atoms with Gasteiger partial charge in [0.1, 0.15) is 11.1 Å². The number of hydrogen-bond acceptors (Lipinski definition) is 5. The van der Waals surface area contributed by atoms with E-state index in [1.165, 1.54) is 6.07 Å². The number of Topliss-reactive ketones (excluding diaryl/α,β-unsaturated/α-hetero) is 1. The highest BCUT2D eigenvalue weighted by atomic mass is 16.3. The molecule has 1 unspecified atom stereocenters. The van der Waals surface area contributed by atoms with Crippen LogP contribution >= 0.6 is 0 Å². The van der Waals surface area contributed by atoms with Crippen molar-refractivity contribution >= 4 is 22.8 Å². The van der Waals surface area contributed by atoms with E-state index in [0.29, 0.717) is 43.1 Å². The lowest BCUT2D eigenvalue weighted by atomic mass is 9.75. The molecule has 5 rings (SSSR count). The van der Waals surface area contributed by atoms with Crippen molar-refractivity contribution in [3.63, 3.8) is 0 Å². The highest BCUT2D eigenvalue weighted by Crippen LogP contribution is 2.34. The van der Waals surface area contributed by atoms with Crippen LogP contribution in [-0.4, -0.2) is 39.6 Å². The number of aromatic nitrogens is 2. The normalized spacial score (nSPS) is 20.6. The molecule has 3 heterocycles. The summed E-state index contributed by atoms with van der Waals surface area (Å²) in [4.78, 5) is 47.6. The number of nitrogens with zero attached hydrogens (tertiary/aromatic N) is 2. The van der Waals surface area contributed by atoms with Gasteiger partial charge >= 0.3 is 0 Å². The topological polar surface area (TPSA) is 96.3 Å². The van der Waals surface area contributed by atoms with Gasteiger partial charge in [-0.15, -0.1) is 0 Å². The number of amides is 1. The number of oxazole rings is 1. The van der Waals surface area contributed by atoms with Crippen LogP contribution in [0.2, 0.25) is 0 Å². The van der Waals surface area contributed by atoms with Gasteiger partial charge in [0.25, 0.3) is 11.5 Å². The molecule has 1 aliphatic carbocycles. The van der Waals surface area contributed by atoms with Crippen molar-refractivity contribution in [2.24, 2.45) is 5.41 Å². The molecule has 3 aromatic rings. The zero-order valence-electron chi connectivity index (χ0n) is 17.7. The van der Waals surface area contributed by atoms with E-state index in [4.69, 9.17) is 4.42 Å². The van der Waals surface area contributed by atoms with Crippen molar-refractivity contribution in [3.8, 4) is 0 Å². The van der Waals surface area contributed by atoms with Gasteiger partial charge in [-0.05, 0) is 42.9 Å². The molecule has 7 heteroatoms. The number of carbonyl (C=O) groups is 2. The number of H-pyrrole nitrogens is 1. The summed E-state index contributed by atoms with van der Waals surface area (Å²) in [6.07, 6.45) is 2.68. The molecule has 31 heavy (non-hydrogen) atoms. The number of rotatable bonds is 2. The summed E-state index contributed by atoms with van der Waals surface area (Å²) in [5.74, 6) is 0.224. The van der Waals surface area contributed by atoms with Crippen LogP contribution in [0.25, 0.3) is 11.1 Å². The number of nitrogens with one attached hydrogen (secondary N) is 1. The Morgan fingerprint density at radius 1 is 1.23 bits per heavy atom. The minimum atomic E-state index is -0.432. The van der Waals surface area contributed by atoms with Gasteiger partial charge in [0, 0.05) is 30.8 Å². The van der Waals surface area contributed by atoms with Crippen LogP contribution in [-0.2, 0) is 6.42 Å². The fourth-order valence-electron chi connectivity index (χ4n) is 4.78. The maximum atomic E-state index is 13.2. The molecule has 1 N–H and O–H groups in total. The van der Waals surface area contributed by atoms with Gasteiger partial charge in [-0.3, -0.25) is 14.4 Å². The predicted molar refractivity (Wildman–Crippen MR) is 115 cm³/mol. The first-order valence-electron chi connectivity index (χ1n) is 10.7. The van der Waals surface area contributed by atoms with Crippen LogP contribution in [0.4, 0.5) is 0 Å². The highest BCUT2D eigenvalue weighted by molar-refractivity contribution is 6.02. The average Bonchev–Trinajstić information content (AvgIpc) is 3.16. The number of ketones is 1. The third-order valence-corrected chi connectivity index (χ3v) is 6.32. The minimum Gasteiger partial charge on any atom is -0.440 e. The molecule has 0 saturated carbocycles. The molecule has 1 aromatic carbocycles. The van der Waals surface area contributed by atoms with Crippen molar-refractivity contribution in [3.05, 3.63) is 63.4 Å². The molecule has 7 nitrogen and oxygen atoms in total. The molecule has 2 aromatic heterocycles. The third kappa shape index (κ3) is 3.58. The van der Waals surface area contributed by atoms with Gasteiger partial charge in [-0.25, -0.2) is 4.98 Å². The average molecular weight is 419 g/mol. The van der Waals surface area contributed by atoms with Crippen molar-refractivity contribution in [1.29, 1.82) is 0 Å². The minimum absolute atomic E-state index is 0.0239. The van der Waals surface area contributed by atoms with Crippen molar-refractivity contribution in [2.45, 2.75) is 45.4 Å². The lowest BCUT2D eigenvalue weighted by molar-refractivity contribution is 0.0697. The second kappa shape index (κ2) is 7.18. The molecule has 0 radical (unpaired) electrons. The monoisotopic (exact) mass is 419 g/mol. The summed E-state index contributed by atoms with van der Waals surface area (Å²) < 4.78 is 5.91. The Balaban J connectivity index is 1.42. The van der Waals surface area contributed by atoms with Crippen molar-refractivity contribution < 1.29 is 14.0 Å². The van der Waals surface area contributed by atoms with E-state index in [1.54, 1.807) is 4.90 Å². The fourth-order valence-corrected chi connectivity index (χ4v) is 4.78. The summed E-state index contributed by atoms with van der Waals surface area (Å²) in [6.45, 7) is 5.01. The Bertz CT molecular complexity index is 1220. The number of pyridine rings is 1. The van der Waals surface area contributed by atoms with Gasteiger partial charge in [0.05, 0.1) is 5.92 Å². The van der Waals surface area contributed by atoms with Crippen molar-refractivity contribution in [1.82, 2.24) is 14.9 Å². The molecule has 0 spiro atoms. The largest absolute Gasteiger partial charge is 0.440 e. The number of aromatic amines is 1. The van der Waals surface area contributed by atoms with Crippen LogP contribution in [0.15, 0.2) is 39.5 Å². The molecule has 0 bridgehead atoms. The molecule has 1 atom stereocenters. The van der Waals surface area contributed by atoms with Crippen LogP contribution in [0.1, 0.15) is 71.3 Å². The highest BCUT2D eigenvalue weighted by Gasteiger charge is 2.34. The number of piperidine rings is 1. The second-order valence-corrected chi connectivity index (χ2v) is 9.46. The van der Waals surface area contributed by atoms with E-state index in [9.17, 15) is 14.4 Å². The number of para-hydroxylation sites is 2. The zero-order chi connectivity index (χ0) is 21.8. The quantitative estimate of drug-likeness (QED) is 0.683. The lowest BCUT2D eigenvalue weighted by Gasteiger charge is -2.32. The zero-order valence-corrected chi connectivity index (χ0v) is 17.7. The smallest absolute Gasteiger partial charge is 0.261 e. The number of benzene rings is 1. The van der Waals surface area contributed by atoms with Crippen molar-refractivity contribution in [2.75, 3.05) is 13.1 Å². The number of hydrogen-bond donors (Lipinski definition) is 1. The SMILES string of the molecule is CC1(C)CC(=O)c2cc(C(=O)N3CCCC(c4nc5ccccc5o4)C3)c(=O)[nH]c2C1. The van der Waals surface area contributed by atoms with Gasteiger partial charge < -0.3 is 14.3 Å². The Kier molecular flexibility index (Phi) is 4.57. The molecular formula is C24H25N3O4. The Morgan fingerprint density at radius 2 is 2.03 bits per heavy atom. The maximum Gasteiger partial charge on any atom is 0.261 e. The molecule has 160 valence electrons. The van der Waals surface area contributed by atoms with E-state index in [2.05, 4.69) is 9.97 Å². The summed E-state index contributed by atoms with van der Waals surface area (Å²) >= 11 is 0. The van der Waals surface area contributed by atoms with Gasteiger partial charge in [0.2, 0.25) is 0 Å². The molecule has 2 aliphatic rings. The van der Waals surface area contributed by atoms with Crippen LogP contribution in [0, 0.1) is 5.41 Å². The lowest BCUT2D eigenvalue weighted by Crippen LogP contribution is -2.42. The number of fused-ring (bicyclic) bond motifs is 2. The summed E-state index contributed by atoms with van der Waals surface area (Å²) in [5, 5.41) is 0. The Hall–Kier alpha value is -3.22. The van der Waals surface area contributed by atoms with Crippen LogP contribution in [0.5, 0.6) is 0 Å². The third-order valence-electron chi connectivity index (χ3n) is 6.32. The first-order valence-corrected chi connectivity index (χ1v) is 10.7. The molecule has 1 aliphatic heterocycles. The van der Waals surface area contributed by atoms with Gasteiger partial charge in [-0.1, -0.05) is 26.0 Å². The maximum absolute atomic E-state index is 13.2. The van der Waals surface area contributed by atoms with E-state index in [0.717, 1.165) is 23.9 Å². The van der Waals surface area contributed by atoms with Crippen LogP contribution in [0.3, 0.4) is 0 Å². The molecule has 1 saturated heterocycles. The van der Waals surface area contributed by atoms with E-state index in [-0.39, 0.29) is 28.6 Å².